The lowest BCUT2D eigenvalue weighted by Crippen LogP contribution is -2.39. The standard InChI is InChI=1S/C21H30N4O2S/c1-15-16(2)28-20-19(15)21(27)25(17(22-20)13-23-9-7-8-10-23)14-18(26)24-11-5-3-4-6-12-24/h3-14H2,1-2H3. The van der Waals surface area contributed by atoms with Crippen molar-refractivity contribution in [2.45, 2.75) is 65.5 Å². The van der Waals surface area contributed by atoms with Gasteiger partial charge in [0.15, 0.2) is 0 Å². The highest BCUT2D eigenvalue weighted by molar-refractivity contribution is 7.18. The van der Waals surface area contributed by atoms with E-state index in [9.17, 15) is 9.59 Å². The van der Waals surface area contributed by atoms with Gasteiger partial charge in [-0.2, -0.15) is 0 Å². The van der Waals surface area contributed by atoms with Gasteiger partial charge >= 0.3 is 0 Å². The van der Waals surface area contributed by atoms with Crippen LogP contribution in [0.1, 0.15) is 54.8 Å². The maximum atomic E-state index is 13.4. The lowest BCUT2D eigenvalue weighted by atomic mass is 10.2. The Kier molecular flexibility index (Phi) is 5.83. The van der Waals surface area contributed by atoms with Crippen LogP contribution < -0.4 is 5.56 Å². The van der Waals surface area contributed by atoms with Gasteiger partial charge < -0.3 is 4.90 Å². The molecule has 7 heteroatoms. The van der Waals surface area contributed by atoms with Crippen LogP contribution >= 0.6 is 11.3 Å². The number of aryl methyl sites for hydroxylation is 2. The first-order chi connectivity index (χ1) is 13.5. The Morgan fingerprint density at radius 3 is 2.32 bits per heavy atom. The Morgan fingerprint density at radius 2 is 1.64 bits per heavy atom. The third-order valence-electron chi connectivity index (χ3n) is 6.18. The molecule has 2 saturated heterocycles. The molecule has 1 amide bonds. The number of rotatable bonds is 4. The highest BCUT2D eigenvalue weighted by atomic mass is 32.1. The molecule has 2 aliphatic rings. The van der Waals surface area contributed by atoms with E-state index in [4.69, 9.17) is 4.98 Å². The van der Waals surface area contributed by atoms with E-state index in [1.807, 2.05) is 18.7 Å². The van der Waals surface area contributed by atoms with Crippen molar-refractivity contribution in [2.24, 2.45) is 0 Å². The lowest BCUT2D eigenvalue weighted by molar-refractivity contribution is -0.131. The first-order valence-corrected chi connectivity index (χ1v) is 11.4. The van der Waals surface area contributed by atoms with E-state index < -0.39 is 0 Å². The van der Waals surface area contributed by atoms with Crippen LogP contribution in [-0.2, 0) is 17.9 Å². The number of fused-ring (bicyclic) bond motifs is 1. The molecule has 2 fully saturated rings. The van der Waals surface area contributed by atoms with E-state index in [2.05, 4.69) is 4.90 Å². The molecule has 0 spiro atoms. The number of amides is 1. The van der Waals surface area contributed by atoms with Gasteiger partial charge in [-0.3, -0.25) is 19.1 Å². The topological polar surface area (TPSA) is 58.4 Å². The SMILES string of the molecule is Cc1sc2nc(CN3CCCC3)n(CC(=O)N3CCCCCC3)c(=O)c2c1C. The zero-order valence-electron chi connectivity index (χ0n) is 17.0. The number of hydrogen-bond acceptors (Lipinski definition) is 5. The first kappa shape index (κ1) is 19.6. The van der Waals surface area contributed by atoms with Crippen LogP contribution in [0.5, 0.6) is 0 Å². The summed E-state index contributed by atoms with van der Waals surface area (Å²) in [5.41, 5.74) is 0.949. The molecular weight excluding hydrogens is 372 g/mol. The fourth-order valence-corrected chi connectivity index (χ4v) is 5.39. The average Bonchev–Trinajstić information content (AvgIpc) is 3.16. The molecule has 0 unspecified atom stereocenters. The van der Waals surface area contributed by atoms with Gasteiger partial charge in [-0.15, -0.1) is 11.3 Å². The van der Waals surface area contributed by atoms with Crippen molar-refractivity contribution in [2.75, 3.05) is 26.2 Å². The minimum Gasteiger partial charge on any atom is -0.341 e. The third kappa shape index (κ3) is 3.87. The second-order valence-electron chi connectivity index (χ2n) is 8.16. The van der Waals surface area contributed by atoms with E-state index in [1.165, 1.54) is 25.7 Å². The van der Waals surface area contributed by atoms with Crippen molar-refractivity contribution in [3.63, 3.8) is 0 Å². The Labute approximate surface area is 170 Å². The van der Waals surface area contributed by atoms with Gasteiger partial charge in [-0.1, -0.05) is 12.8 Å². The normalized spacial score (nSPS) is 18.7. The van der Waals surface area contributed by atoms with Gasteiger partial charge in [-0.25, -0.2) is 4.98 Å². The molecule has 0 N–H and O–H groups in total. The first-order valence-electron chi connectivity index (χ1n) is 10.5. The number of likely N-dealkylation sites (tertiary alicyclic amines) is 2. The predicted octanol–water partition coefficient (Wildman–Crippen LogP) is 3.07. The maximum absolute atomic E-state index is 13.4. The molecule has 2 aromatic rings. The smallest absolute Gasteiger partial charge is 0.263 e. The van der Waals surface area contributed by atoms with Crippen molar-refractivity contribution in [1.82, 2.24) is 19.4 Å². The van der Waals surface area contributed by atoms with E-state index in [1.54, 1.807) is 15.9 Å². The molecule has 0 saturated carbocycles. The number of hydrogen-bond donors (Lipinski definition) is 0. The van der Waals surface area contributed by atoms with Crippen molar-refractivity contribution in [3.8, 4) is 0 Å². The van der Waals surface area contributed by atoms with Crippen molar-refractivity contribution in [1.29, 1.82) is 0 Å². The minimum absolute atomic E-state index is 0.0516. The molecule has 2 aromatic heterocycles. The zero-order chi connectivity index (χ0) is 19.7. The largest absolute Gasteiger partial charge is 0.341 e. The second kappa shape index (κ2) is 8.33. The number of aromatic nitrogens is 2. The quantitative estimate of drug-likeness (QED) is 0.789. The molecule has 0 atom stereocenters. The summed E-state index contributed by atoms with van der Waals surface area (Å²) in [4.78, 5) is 37.5. The molecule has 2 aliphatic heterocycles. The third-order valence-corrected chi connectivity index (χ3v) is 7.28. The number of thiophene rings is 1. The van der Waals surface area contributed by atoms with Gasteiger partial charge in [0.2, 0.25) is 5.91 Å². The Hall–Kier alpha value is -1.73. The maximum Gasteiger partial charge on any atom is 0.263 e. The summed E-state index contributed by atoms with van der Waals surface area (Å²) in [6.07, 6.45) is 6.87. The molecular formula is C21H30N4O2S. The number of nitrogens with zero attached hydrogens (tertiary/aromatic N) is 4. The number of carbonyl (C=O) groups excluding carboxylic acids is 1. The molecule has 4 heterocycles. The van der Waals surface area contributed by atoms with Crippen molar-refractivity contribution in [3.05, 3.63) is 26.6 Å². The second-order valence-corrected chi connectivity index (χ2v) is 9.36. The monoisotopic (exact) mass is 402 g/mol. The molecule has 0 bridgehead atoms. The molecule has 0 aliphatic carbocycles. The van der Waals surface area contributed by atoms with E-state index >= 15 is 0 Å². The molecule has 152 valence electrons. The molecule has 6 nitrogen and oxygen atoms in total. The minimum atomic E-state index is -0.0516. The zero-order valence-corrected chi connectivity index (χ0v) is 17.8. The van der Waals surface area contributed by atoms with Gasteiger partial charge in [0.25, 0.3) is 5.56 Å². The lowest BCUT2D eigenvalue weighted by Gasteiger charge is -2.23. The van der Waals surface area contributed by atoms with Crippen LogP contribution in [0.25, 0.3) is 10.2 Å². The van der Waals surface area contributed by atoms with Gasteiger partial charge in [0.05, 0.1) is 11.9 Å². The Balaban J connectivity index is 1.70. The van der Waals surface area contributed by atoms with E-state index in [0.29, 0.717) is 11.9 Å². The van der Waals surface area contributed by atoms with E-state index in [-0.39, 0.29) is 18.0 Å². The Morgan fingerprint density at radius 1 is 1.00 bits per heavy atom. The predicted molar refractivity (Wildman–Crippen MR) is 113 cm³/mol. The van der Waals surface area contributed by atoms with Crippen LogP contribution in [0.2, 0.25) is 0 Å². The molecule has 0 aromatic carbocycles. The van der Waals surface area contributed by atoms with Crippen LogP contribution in [0, 0.1) is 13.8 Å². The molecule has 28 heavy (non-hydrogen) atoms. The van der Waals surface area contributed by atoms with Crippen LogP contribution in [0.3, 0.4) is 0 Å². The fourth-order valence-electron chi connectivity index (χ4n) is 4.35. The molecule has 0 radical (unpaired) electrons. The van der Waals surface area contributed by atoms with Gasteiger partial charge in [0, 0.05) is 18.0 Å². The summed E-state index contributed by atoms with van der Waals surface area (Å²) < 4.78 is 1.66. The van der Waals surface area contributed by atoms with Crippen molar-refractivity contribution < 1.29 is 4.79 Å². The highest BCUT2D eigenvalue weighted by Crippen LogP contribution is 2.27. The summed E-state index contributed by atoms with van der Waals surface area (Å²) in [5, 5.41) is 0.691. The van der Waals surface area contributed by atoms with Gasteiger partial charge in [0.1, 0.15) is 17.2 Å². The van der Waals surface area contributed by atoms with E-state index in [0.717, 1.165) is 60.1 Å². The summed E-state index contributed by atoms with van der Waals surface area (Å²) in [6, 6.07) is 0. The van der Waals surface area contributed by atoms with Crippen LogP contribution in [0.4, 0.5) is 0 Å². The summed E-state index contributed by atoms with van der Waals surface area (Å²) in [7, 11) is 0. The summed E-state index contributed by atoms with van der Waals surface area (Å²) in [6.45, 7) is 8.47. The fraction of sp³-hybridized carbons (Fsp3) is 0.667. The van der Waals surface area contributed by atoms with Crippen LogP contribution in [-0.4, -0.2) is 51.4 Å². The molecule has 4 rings (SSSR count). The summed E-state index contributed by atoms with van der Waals surface area (Å²) in [5.74, 6) is 0.793. The van der Waals surface area contributed by atoms with Gasteiger partial charge in [-0.05, 0) is 58.2 Å². The van der Waals surface area contributed by atoms with Crippen LogP contribution in [0.15, 0.2) is 4.79 Å². The van der Waals surface area contributed by atoms with Crippen molar-refractivity contribution >= 4 is 27.5 Å². The number of carbonyl (C=O) groups is 1. The average molecular weight is 403 g/mol. The Bertz CT molecular complexity index is 919. The highest BCUT2D eigenvalue weighted by Gasteiger charge is 2.23. The summed E-state index contributed by atoms with van der Waals surface area (Å²) >= 11 is 1.59.